The molecule has 0 amide bonds. The van der Waals surface area contributed by atoms with Gasteiger partial charge < -0.3 is 10.2 Å². The van der Waals surface area contributed by atoms with E-state index in [9.17, 15) is 19.8 Å². The summed E-state index contributed by atoms with van der Waals surface area (Å²) in [6.45, 7) is 5.29. The molecular weight excluding hydrogens is 342 g/mol. The minimum atomic E-state index is -1.60. The maximum absolute atomic E-state index is 12.3. The van der Waals surface area contributed by atoms with Crippen molar-refractivity contribution in [2.75, 3.05) is 6.54 Å². The van der Waals surface area contributed by atoms with Crippen LogP contribution in [-0.2, 0) is 9.59 Å². The molecule has 0 aliphatic heterocycles. The van der Waals surface area contributed by atoms with Crippen molar-refractivity contribution >= 4 is 11.8 Å². The minimum absolute atomic E-state index is 0.0904. The first-order chi connectivity index (χ1) is 12.8. The largest absolute Gasteiger partial charge is 0.480 e. The van der Waals surface area contributed by atoms with Crippen LogP contribution in [0, 0.1) is 0 Å². The molecule has 160 valence electrons. The molecule has 2 atom stereocenters. The molecule has 0 saturated carbocycles. The first-order valence-electron chi connectivity index (χ1n) is 11.0. The second-order valence-corrected chi connectivity index (χ2v) is 8.08. The average molecular weight is 386 g/mol. The zero-order valence-electron chi connectivity index (χ0n) is 17.9. The van der Waals surface area contributed by atoms with E-state index < -0.39 is 17.6 Å². The molecule has 3 N–H and O–H groups in total. The van der Waals surface area contributed by atoms with Gasteiger partial charge in [-0.2, -0.15) is 0 Å². The Bertz CT molecular complexity index is 398. The van der Waals surface area contributed by atoms with Gasteiger partial charge in [0.15, 0.2) is 11.3 Å². The first-order valence-corrected chi connectivity index (χ1v) is 11.0. The van der Waals surface area contributed by atoms with E-state index >= 15 is 0 Å². The fraction of sp³-hybridized carbons (Fsp3) is 0.909. The van der Waals surface area contributed by atoms with Crippen molar-refractivity contribution in [3.63, 3.8) is 0 Å². The smallest absolute Gasteiger partial charge is 0.331 e. The van der Waals surface area contributed by atoms with Crippen LogP contribution in [0.25, 0.3) is 0 Å². The second kappa shape index (κ2) is 16.1. The zero-order valence-corrected chi connectivity index (χ0v) is 17.9. The van der Waals surface area contributed by atoms with Crippen LogP contribution in [0.15, 0.2) is 0 Å². The van der Waals surface area contributed by atoms with Gasteiger partial charge in [0.1, 0.15) is 0 Å². The highest BCUT2D eigenvalue weighted by atomic mass is 16.4. The SMILES string of the molecule is CCCCCCCCCCCCCCCC(=O)C(C)(NCC(C)O)C(=O)O. The Hall–Kier alpha value is -0.940. The highest BCUT2D eigenvalue weighted by molar-refractivity contribution is 6.07. The number of aliphatic hydroxyl groups excluding tert-OH is 1. The number of β-amino-alcohol motifs (C(OH)–C–C–N with tert-alkyl or cyclic N) is 1. The van der Waals surface area contributed by atoms with Crippen molar-refractivity contribution in [3.8, 4) is 0 Å². The number of aliphatic carboxylic acids is 1. The van der Waals surface area contributed by atoms with Gasteiger partial charge in [0, 0.05) is 13.0 Å². The minimum Gasteiger partial charge on any atom is -0.480 e. The number of carbonyl (C=O) groups excluding carboxylic acids is 1. The Morgan fingerprint density at radius 1 is 0.852 bits per heavy atom. The number of nitrogens with one attached hydrogen (secondary N) is 1. The summed E-state index contributed by atoms with van der Waals surface area (Å²) in [7, 11) is 0. The number of ketones is 1. The van der Waals surface area contributed by atoms with Crippen LogP contribution in [0.4, 0.5) is 0 Å². The molecule has 0 saturated heterocycles. The van der Waals surface area contributed by atoms with Crippen molar-refractivity contribution in [1.29, 1.82) is 0 Å². The van der Waals surface area contributed by atoms with E-state index in [0.29, 0.717) is 0 Å². The number of hydrogen-bond donors (Lipinski definition) is 3. The highest BCUT2D eigenvalue weighted by Crippen LogP contribution is 2.15. The van der Waals surface area contributed by atoms with Crippen molar-refractivity contribution in [2.24, 2.45) is 0 Å². The summed E-state index contributed by atoms with van der Waals surface area (Å²) in [4.78, 5) is 23.7. The molecule has 0 rings (SSSR count). The molecule has 27 heavy (non-hydrogen) atoms. The van der Waals surface area contributed by atoms with Gasteiger partial charge in [0.2, 0.25) is 0 Å². The normalized spacial score (nSPS) is 14.7. The molecule has 5 heteroatoms. The number of rotatable bonds is 19. The van der Waals surface area contributed by atoms with E-state index in [1.807, 2.05) is 0 Å². The number of aliphatic hydroxyl groups is 1. The molecule has 0 aromatic heterocycles. The third-order valence-electron chi connectivity index (χ3n) is 5.24. The summed E-state index contributed by atoms with van der Waals surface area (Å²) < 4.78 is 0. The predicted molar refractivity (Wildman–Crippen MR) is 111 cm³/mol. The maximum Gasteiger partial charge on any atom is 0.331 e. The quantitative estimate of drug-likeness (QED) is 0.218. The summed E-state index contributed by atoms with van der Waals surface area (Å²) >= 11 is 0. The number of unbranched alkanes of at least 4 members (excludes halogenated alkanes) is 12. The lowest BCUT2D eigenvalue weighted by molar-refractivity contribution is -0.149. The Balaban J connectivity index is 3.70. The average Bonchev–Trinajstić information content (AvgIpc) is 2.63. The van der Waals surface area contributed by atoms with Crippen LogP contribution in [-0.4, -0.2) is 40.2 Å². The number of carboxylic acids is 1. The molecule has 0 aromatic carbocycles. The summed E-state index contributed by atoms with van der Waals surface area (Å²) in [6.07, 6.45) is 15.6. The molecule has 0 fully saturated rings. The molecule has 5 nitrogen and oxygen atoms in total. The van der Waals surface area contributed by atoms with Gasteiger partial charge in [-0.25, -0.2) is 4.79 Å². The lowest BCUT2D eigenvalue weighted by Gasteiger charge is -2.25. The van der Waals surface area contributed by atoms with Crippen LogP contribution >= 0.6 is 0 Å². The Morgan fingerprint density at radius 3 is 1.63 bits per heavy atom. The van der Waals surface area contributed by atoms with Crippen LogP contribution in [0.2, 0.25) is 0 Å². The summed E-state index contributed by atoms with van der Waals surface area (Å²) in [5.74, 6) is -1.48. The maximum atomic E-state index is 12.3. The topological polar surface area (TPSA) is 86.6 Å². The third-order valence-corrected chi connectivity index (χ3v) is 5.24. The summed E-state index contributed by atoms with van der Waals surface area (Å²) in [5, 5.41) is 21.4. The van der Waals surface area contributed by atoms with Gasteiger partial charge >= 0.3 is 5.97 Å². The number of carbonyl (C=O) groups is 2. The molecule has 0 radical (unpaired) electrons. The number of hydrogen-bond acceptors (Lipinski definition) is 4. The van der Waals surface area contributed by atoms with E-state index in [-0.39, 0.29) is 18.7 Å². The lowest BCUT2D eigenvalue weighted by atomic mass is 9.92. The summed E-state index contributed by atoms with van der Waals surface area (Å²) in [6, 6.07) is 0. The Kier molecular flexibility index (Phi) is 15.5. The lowest BCUT2D eigenvalue weighted by Crippen LogP contribution is -2.57. The van der Waals surface area contributed by atoms with Gasteiger partial charge in [0.25, 0.3) is 0 Å². The predicted octanol–water partition coefficient (Wildman–Crippen LogP) is 4.85. The van der Waals surface area contributed by atoms with Crippen LogP contribution < -0.4 is 5.32 Å². The Morgan fingerprint density at radius 2 is 1.26 bits per heavy atom. The molecule has 2 unspecified atom stereocenters. The molecule has 0 heterocycles. The summed E-state index contributed by atoms with van der Waals surface area (Å²) in [5.41, 5.74) is -1.60. The van der Waals surface area contributed by atoms with Crippen molar-refractivity contribution in [2.45, 2.75) is 122 Å². The second-order valence-electron chi connectivity index (χ2n) is 8.08. The van der Waals surface area contributed by atoms with E-state index in [0.717, 1.165) is 19.3 Å². The van der Waals surface area contributed by atoms with Gasteiger partial charge in [-0.1, -0.05) is 84.0 Å². The third kappa shape index (κ3) is 13.0. The zero-order chi connectivity index (χ0) is 20.5. The van der Waals surface area contributed by atoms with E-state index in [1.54, 1.807) is 6.92 Å². The number of carboxylic acid groups (broad SMARTS) is 1. The van der Waals surface area contributed by atoms with Crippen LogP contribution in [0.1, 0.15) is 111 Å². The molecule has 0 aromatic rings. The van der Waals surface area contributed by atoms with Crippen LogP contribution in [0.3, 0.4) is 0 Å². The van der Waals surface area contributed by atoms with Gasteiger partial charge in [-0.3, -0.25) is 10.1 Å². The monoisotopic (exact) mass is 385 g/mol. The van der Waals surface area contributed by atoms with Crippen LogP contribution in [0.5, 0.6) is 0 Å². The number of Topliss-reactive ketones (excluding diaryl/α,β-unsaturated/α-hetero) is 1. The molecule has 0 aliphatic rings. The molecule has 0 bridgehead atoms. The standard InChI is InChI=1S/C22H43NO4/c1-4-5-6-7-8-9-10-11-12-13-14-15-16-17-20(25)22(3,21(26)27)23-18-19(2)24/h19,23-24H,4-18H2,1-3H3,(H,26,27). The van der Waals surface area contributed by atoms with Gasteiger partial charge in [0.05, 0.1) is 6.10 Å². The molecular formula is C22H43NO4. The highest BCUT2D eigenvalue weighted by Gasteiger charge is 2.39. The molecule has 0 spiro atoms. The fourth-order valence-corrected chi connectivity index (χ4v) is 3.20. The van der Waals surface area contributed by atoms with E-state index in [4.69, 9.17) is 0 Å². The Labute approximate surface area is 166 Å². The van der Waals surface area contributed by atoms with E-state index in [1.165, 1.54) is 71.1 Å². The van der Waals surface area contributed by atoms with Crippen molar-refractivity contribution in [1.82, 2.24) is 5.32 Å². The fourth-order valence-electron chi connectivity index (χ4n) is 3.20. The van der Waals surface area contributed by atoms with Gasteiger partial charge in [-0.05, 0) is 20.3 Å². The molecule has 0 aliphatic carbocycles. The van der Waals surface area contributed by atoms with E-state index in [2.05, 4.69) is 12.2 Å². The first kappa shape index (κ1) is 26.1. The van der Waals surface area contributed by atoms with Crippen molar-refractivity contribution < 1.29 is 19.8 Å². The van der Waals surface area contributed by atoms with Crippen molar-refractivity contribution in [3.05, 3.63) is 0 Å². The van der Waals surface area contributed by atoms with Gasteiger partial charge in [-0.15, -0.1) is 0 Å².